The SMILES string of the molecule is O=S(=O)(Nc1nc2c(s1)CCC2)C1CCNCC1. The Morgan fingerprint density at radius 3 is 2.78 bits per heavy atom. The maximum absolute atomic E-state index is 12.2. The summed E-state index contributed by atoms with van der Waals surface area (Å²) < 4.78 is 27.1. The lowest BCUT2D eigenvalue weighted by molar-refractivity contribution is 0.499. The summed E-state index contributed by atoms with van der Waals surface area (Å²) in [6.45, 7) is 1.56. The molecule has 3 rings (SSSR count). The topological polar surface area (TPSA) is 71.1 Å². The van der Waals surface area contributed by atoms with E-state index in [9.17, 15) is 8.42 Å². The third kappa shape index (κ3) is 2.39. The molecule has 5 nitrogen and oxygen atoms in total. The van der Waals surface area contributed by atoms with E-state index in [-0.39, 0.29) is 5.25 Å². The Kier molecular flexibility index (Phi) is 3.29. The number of anilines is 1. The number of rotatable bonds is 3. The first kappa shape index (κ1) is 12.4. The molecule has 0 atom stereocenters. The van der Waals surface area contributed by atoms with E-state index in [0.717, 1.165) is 38.0 Å². The van der Waals surface area contributed by atoms with Gasteiger partial charge in [-0.25, -0.2) is 13.4 Å². The first-order valence-corrected chi connectivity index (χ1v) is 8.72. The van der Waals surface area contributed by atoms with Gasteiger partial charge < -0.3 is 5.32 Å². The smallest absolute Gasteiger partial charge is 0.237 e. The molecule has 1 aliphatic heterocycles. The molecule has 2 aliphatic rings. The van der Waals surface area contributed by atoms with Crippen LogP contribution in [0.2, 0.25) is 0 Å². The van der Waals surface area contributed by atoms with Crippen LogP contribution >= 0.6 is 11.3 Å². The van der Waals surface area contributed by atoms with E-state index in [0.29, 0.717) is 18.0 Å². The van der Waals surface area contributed by atoms with Gasteiger partial charge in [-0.3, -0.25) is 4.72 Å². The fourth-order valence-electron chi connectivity index (χ4n) is 2.54. The van der Waals surface area contributed by atoms with Crippen molar-refractivity contribution in [1.29, 1.82) is 0 Å². The first-order chi connectivity index (χ1) is 8.65. The van der Waals surface area contributed by atoms with Crippen molar-refractivity contribution in [2.75, 3.05) is 17.8 Å². The molecule has 1 aromatic heterocycles. The molecule has 0 bridgehead atoms. The molecule has 1 aromatic rings. The number of nitrogens with zero attached hydrogens (tertiary/aromatic N) is 1. The van der Waals surface area contributed by atoms with Crippen LogP contribution in [0.1, 0.15) is 29.8 Å². The maximum atomic E-state index is 12.2. The van der Waals surface area contributed by atoms with Gasteiger partial charge in [0.2, 0.25) is 10.0 Å². The number of thiazole rings is 1. The summed E-state index contributed by atoms with van der Waals surface area (Å²) in [4.78, 5) is 5.63. The van der Waals surface area contributed by atoms with E-state index in [4.69, 9.17) is 0 Å². The largest absolute Gasteiger partial charge is 0.317 e. The zero-order valence-electron chi connectivity index (χ0n) is 10.1. The minimum absolute atomic E-state index is 0.280. The number of fused-ring (bicyclic) bond motifs is 1. The zero-order valence-corrected chi connectivity index (χ0v) is 11.7. The van der Waals surface area contributed by atoms with Gasteiger partial charge in [-0.1, -0.05) is 0 Å². The lowest BCUT2D eigenvalue weighted by Crippen LogP contribution is -2.38. The quantitative estimate of drug-likeness (QED) is 0.874. The average molecular weight is 287 g/mol. The van der Waals surface area contributed by atoms with Crippen molar-refractivity contribution >= 4 is 26.5 Å². The van der Waals surface area contributed by atoms with Crippen molar-refractivity contribution in [2.24, 2.45) is 0 Å². The molecule has 2 heterocycles. The van der Waals surface area contributed by atoms with Crippen LogP contribution in [-0.2, 0) is 22.9 Å². The number of aromatic nitrogens is 1. The second kappa shape index (κ2) is 4.79. The Morgan fingerprint density at radius 1 is 1.28 bits per heavy atom. The normalized spacial score (nSPS) is 20.9. The molecular formula is C11H17N3O2S2. The lowest BCUT2D eigenvalue weighted by Gasteiger charge is -2.22. The molecular weight excluding hydrogens is 270 g/mol. The van der Waals surface area contributed by atoms with Gasteiger partial charge >= 0.3 is 0 Å². The minimum atomic E-state index is -3.27. The second-order valence-electron chi connectivity index (χ2n) is 4.84. The summed E-state index contributed by atoms with van der Waals surface area (Å²) in [6.07, 6.45) is 4.54. The molecule has 0 amide bonds. The van der Waals surface area contributed by atoms with Crippen molar-refractivity contribution in [3.8, 4) is 0 Å². The minimum Gasteiger partial charge on any atom is -0.317 e. The maximum Gasteiger partial charge on any atom is 0.237 e. The van der Waals surface area contributed by atoms with Crippen LogP contribution in [-0.4, -0.2) is 31.7 Å². The molecule has 0 aromatic carbocycles. The highest BCUT2D eigenvalue weighted by molar-refractivity contribution is 7.93. The van der Waals surface area contributed by atoms with E-state index in [1.54, 1.807) is 0 Å². The molecule has 7 heteroatoms. The highest BCUT2D eigenvalue weighted by atomic mass is 32.2. The van der Waals surface area contributed by atoms with Gasteiger partial charge in [-0.15, -0.1) is 11.3 Å². The van der Waals surface area contributed by atoms with Crippen molar-refractivity contribution in [2.45, 2.75) is 37.4 Å². The number of hydrogen-bond donors (Lipinski definition) is 2. The van der Waals surface area contributed by atoms with E-state index < -0.39 is 10.0 Å². The van der Waals surface area contributed by atoms with Crippen LogP contribution in [0.5, 0.6) is 0 Å². The molecule has 0 saturated carbocycles. The number of sulfonamides is 1. The van der Waals surface area contributed by atoms with Crippen molar-refractivity contribution < 1.29 is 8.42 Å². The summed E-state index contributed by atoms with van der Waals surface area (Å²) in [5.74, 6) is 0. The zero-order chi connectivity index (χ0) is 12.6. The van der Waals surface area contributed by atoms with Crippen molar-refractivity contribution in [3.63, 3.8) is 0 Å². The van der Waals surface area contributed by atoms with Gasteiger partial charge in [0, 0.05) is 4.88 Å². The summed E-state index contributed by atoms with van der Waals surface area (Å²) in [7, 11) is -3.27. The van der Waals surface area contributed by atoms with E-state index in [1.807, 2.05) is 0 Å². The standard InChI is InChI=1S/C11H17N3O2S2/c15-18(16,8-4-6-12-7-5-8)14-11-13-9-2-1-3-10(9)17-11/h8,12H,1-7H2,(H,13,14). The third-order valence-electron chi connectivity index (χ3n) is 3.55. The summed E-state index contributed by atoms with van der Waals surface area (Å²) in [5, 5.41) is 3.45. The molecule has 0 radical (unpaired) electrons. The van der Waals surface area contributed by atoms with Crippen LogP contribution < -0.4 is 10.0 Å². The molecule has 18 heavy (non-hydrogen) atoms. The van der Waals surface area contributed by atoms with Crippen molar-refractivity contribution in [1.82, 2.24) is 10.3 Å². The third-order valence-corrected chi connectivity index (χ3v) is 6.58. The van der Waals surface area contributed by atoms with Crippen LogP contribution in [0.4, 0.5) is 5.13 Å². The van der Waals surface area contributed by atoms with Gasteiger partial charge in [0.1, 0.15) is 0 Å². The molecule has 100 valence electrons. The number of piperidine rings is 1. The predicted octanol–water partition coefficient (Wildman–Crippen LogP) is 1.13. The van der Waals surface area contributed by atoms with Crippen LogP contribution in [0.25, 0.3) is 0 Å². The van der Waals surface area contributed by atoms with Gasteiger partial charge in [0.25, 0.3) is 0 Å². The Balaban J connectivity index is 1.74. The first-order valence-electron chi connectivity index (χ1n) is 6.36. The molecule has 1 aliphatic carbocycles. The fourth-order valence-corrected chi connectivity index (χ4v) is 5.27. The van der Waals surface area contributed by atoms with E-state index in [1.165, 1.54) is 16.2 Å². The van der Waals surface area contributed by atoms with Crippen LogP contribution in [0.3, 0.4) is 0 Å². The Hall–Kier alpha value is -0.660. The van der Waals surface area contributed by atoms with Crippen LogP contribution in [0.15, 0.2) is 0 Å². The van der Waals surface area contributed by atoms with Gasteiger partial charge in [-0.05, 0) is 45.2 Å². The highest BCUT2D eigenvalue weighted by Crippen LogP contribution is 2.31. The molecule has 1 fully saturated rings. The van der Waals surface area contributed by atoms with Gasteiger partial charge in [0.05, 0.1) is 10.9 Å². The van der Waals surface area contributed by atoms with Crippen molar-refractivity contribution in [3.05, 3.63) is 10.6 Å². The fraction of sp³-hybridized carbons (Fsp3) is 0.727. The molecule has 0 unspecified atom stereocenters. The molecule has 0 spiro atoms. The Morgan fingerprint density at radius 2 is 2.06 bits per heavy atom. The van der Waals surface area contributed by atoms with Crippen LogP contribution in [0, 0.1) is 0 Å². The Bertz CT molecular complexity index is 511. The summed E-state index contributed by atoms with van der Waals surface area (Å²) in [6, 6.07) is 0. The lowest BCUT2D eigenvalue weighted by atomic mass is 10.2. The van der Waals surface area contributed by atoms with E-state index >= 15 is 0 Å². The number of nitrogens with one attached hydrogen (secondary N) is 2. The Labute approximate surface area is 111 Å². The predicted molar refractivity (Wildman–Crippen MR) is 72.6 cm³/mol. The monoisotopic (exact) mass is 287 g/mol. The number of aryl methyl sites for hydroxylation is 2. The molecule has 2 N–H and O–H groups in total. The molecule has 1 saturated heterocycles. The average Bonchev–Trinajstić information content (AvgIpc) is 2.90. The van der Waals surface area contributed by atoms with Gasteiger partial charge in [-0.2, -0.15) is 0 Å². The number of hydrogen-bond acceptors (Lipinski definition) is 5. The summed E-state index contributed by atoms with van der Waals surface area (Å²) >= 11 is 1.50. The second-order valence-corrected chi connectivity index (χ2v) is 7.88. The summed E-state index contributed by atoms with van der Waals surface area (Å²) in [5.41, 5.74) is 1.09. The van der Waals surface area contributed by atoms with E-state index in [2.05, 4.69) is 15.0 Å². The van der Waals surface area contributed by atoms with Gasteiger partial charge in [0.15, 0.2) is 5.13 Å². The highest BCUT2D eigenvalue weighted by Gasteiger charge is 2.28.